The SMILES string of the molecule is CCc1nc(C)oc1C(=O)Nc1nc2cc(C(N)=O)cc(OCCCNC)c2n1C/C=C/Cn1c2ncc(C=O)cc2c2cnc(-c3cc(C)nn3CC)nc21.CN. The Morgan fingerprint density at radius 1 is 0.948 bits per heavy atom. The third-order valence-corrected chi connectivity index (χ3v) is 9.26. The van der Waals surface area contributed by atoms with Crippen molar-refractivity contribution in [2.75, 3.05) is 32.6 Å². The Bertz CT molecular complexity index is 2650. The van der Waals surface area contributed by atoms with Crippen molar-refractivity contribution in [3.05, 3.63) is 83.0 Å². The van der Waals surface area contributed by atoms with E-state index in [0.717, 1.165) is 35.0 Å². The molecular formula is C40H47N13O5. The number of hydrogen-bond acceptors (Lipinski definition) is 13. The highest BCUT2D eigenvalue weighted by Crippen LogP contribution is 2.32. The Kier molecular flexibility index (Phi) is 12.7. The minimum atomic E-state index is -0.641. The van der Waals surface area contributed by atoms with Crippen molar-refractivity contribution in [3.63, 3.8) is 0 Å². The Labute approximate surface area is 333 Å². The normalized spacial score (nSPS) is 11.4. The fourth-order valence-corrected chi connectivity index (χ4v) is 6.68. The number of fused-ring (bicyclic) bond motifs is 4. The predicted molar refractivity (Wildman–Crippen MR) is 220 cm³/mol. The van der Waals surface area contributed by atoms with Gasteiger partial charge in [-0.2, -0.15) is 5.10 Å². The van der Waals surface area contributed by atoms with Crippen molar-refractivity contribution in [2.45, 2.75) is 60.2 Å². The molecular weight excluding hydrogens is 743 g/mol. The van der Waals surface area contributed by atoms with Gasteiger partial charge in [-0.15, -0.1) is 0 Å². The molecule has 0 bridgehead atoms. The average Bonchev–Trinajstić information content (AvgIpc) is 3.99. The van der Waals surface area contributed by atoms with Gasteiger partial charge in [-0.05, 0) is 71.6 Å². The Morgan fingerprint density at radius 3 is 2.43 bits per heavy atom. The fraction of sp³-hybridized carbons (Fsp3) is 0.325. The Balaban J connectivity index is 0.00000279. The molecule has 1 aromatic carbocycles. The molecule has 18 heteroatoms. The first-order chi connectivity index (χ1) is 28.1. The molecule has 0 spiro atoms. The van der Waals surface area contributed by atoms with Crippen LogP contribution >= 0.6 is 0 Å². The van der Waals surface area contributed by atoms with E-state index in [1.807, 2.05) is 55.3 Å². The van der Waals surface area contributed by atoms with Crippen molar-refractivity contribution in [2.24, 2.45) is 11.5 Å². The van der Waals surface area contributed by atoms with E-state index in [-0.39, 0.29) is 23.8 Å². The molecule has 0 saturated carbocycles. The monoisotopic (exact) mass is 789 g/mol. The minimum Gasteiger partial charge on any atom is -0.491 e. The molecule has 6 heterocycles. The molecule has 0 fully saturated rings. The second kappa shape index (κ2) is 18.0. The van der Waals surface area contributed by atoms with Gasteiger partial charge >= 0.3 is 0 Å². The minimum absolute atomic E-state index is 0.0932. The molecule has 7 rings (SSSR count). The predicted octanol–water partition coefficient (Wildman–Crippen LogP) is 4.36. The van der Waals surface area contributed by atoms with E-state index < -0.39 is 11.8 Å². The first-order valence-electron chi connectivity index (χ1n) is 18.9. The quantitative estimate of drug-likeness (QED) is 0.0605. The van der Waals surface area contributed by atoms with Crippen molar-refractivity contribution < 1.29 is 23.5 Å². The van der Waals surface area contributed by atoms with Crippen LogP contribution in [0.2, 0.25) is 0 Å². The number of ether oxygens (including phenoxy) is 1. The van der Waals surface area contributed by atoms with Gasteiger partial charge in [0.25, 0.3) is 5.91 Å². The van der Waals surface area contributed by atoms with Crippen LogP contribution in [0.3, 0.4) is 0 Å². The first kappa shape index (κ1) is 40.9. The molecule has 6 N–H and O–H groups in total. The van der Waals surface area contributed by atoms with Crippen LogP contribution in [0.5, 0.6) is 5.75 Å². The molecule has 0 aliphatic rings. The number of benzene rings is 1. The summed E-state index contributed by atoms with van der Waals surface area (Å²) < 4.78 is 17.5. The lowest BCUT2D eigenvalue weighted by Gasteiger charge is -2.12. The van der Waals surface area contributed by atoms with E-state index >= 15 is 0 Å². The zero-order valence-electron chi connectivity index (χ0n) is 33.4. The molecule has 302 valence electrons. The zero-order chi connectivity index (χ0) is 41.5. The lowest BCUT2D eigenvalue weighted by atomic mass is 10.1. The highest BCUT2D eigenvalue weighted by atomic mass is 16.5. The van der Waals surface area contributed by atoms with E-state index in [1.54, 1.807) is 35.9 Å². The summed E-state index contributed by atoms with van der Waals surface area (Å²) in [5, 5.41) is 12.1. The second-order valence-electron chi connectivity index (χ2n) is 13.1. The molecule has 6 aromatic heterocycles. The lowest BCUT2D eigenvalue weighted by molar-refractivity contribution is 0.0988. The van der Waals surface area contributed by atoms with Gasteiger partial charge in [-0.1, -0.05) is 19.1 Å². The number of amides is 2. The van der Waals surface area contributed by atoms with Crippen LogP contribution in [-0.4, -0.2) is 89.2 Å². The van der Waals surface area contributed by atoms with E-state index in [2.05, 4.69) is 36.4 Å². The number of anilines is 1. The van der Waals surface area contributed by atoms with E-state index in [1.165, 1.54) is 13.2 Å². The van der Waals surface area contributed by atoms with E-state index in [4.69, 9.17) is 24.9 Å². The van der Waals surface area contributed by atoms with Gasteiger partial charge in [0.15, 0.2) is 18.0 Å². The number of nitrogens with one attached hydrogen (secondary N) is 2. The Hall–Kier alpha value is -6.79. The number of primary amides is 1. The smallest absolute Gasteiger partial charge is 0.295 e. The van der Waals surface area contributed by atoms with Crippen LogP contribution in [0.1, 0.15) is 68.8 Å². The number of carbonyl (C=O) groups excluding carboxylic acids is 3. The number of nitrogens with zero attached hydrogens (tertiary/aromatic N) is 9. The van der Waals surface area contributed by atoms with Crippen LogP contribution in [0.25, 0.3) is 44.6 Å². The summed E-state index contributed by atoms with van der Waals surface area (Å²) in [7, 11) is 3.36. The number of oxazole rings is 1. The van der Waals surface area contributed by atoms with Crippen LogP contribution < -0.4 is 26.8 Å². The summed E-state index contributed by atoms with van der Waals surface area (Å²) in [4.78, 5) is 61.1. The summed E-state index contributed by atoms with van der Waals surface area (Å²) >= 11 is 0. The fourth-order valence-electron chi connectivity index (χ4n) is 6.68. The van der Waals surface area contributed by atoms with Crippen molar-refractivity contribution >= 4 is 57.1 Å². The van der Waals surface area contributed by atoms with E-state index in [0.29, 0.717) is 83.6 Å². The zero-order valence-corrected chi connectivity index (χ0v) is 33.4. The number of aryl methyl sites for hydroxylation is 4. The summed E-state index contributed by atoms with van der Waals surface area (Å²) in [6.07, 6.45) is 9.12. The number of aromatic nitrogens is 9. The summed E-state index contributed by atoms with van der Waals surface area (Å²) in [6.45, 7) is 9.81. The van der Waals surface area contributed by atoms with Crippen LogP contribution in [0.15, 0.2) is 53.2 Å². The number of hydrogen-bond donors (Lipinski definition) is 4. The maximum absolute atomic E-state index is 13.6. The molecule has 0 aliphatic carbocycles. The van der Waals surface area contributed by atoms with Gasteiger partial charge in [0.2, 0.25) is 17.6 Å². The van der Waals surface area contributed by atoms with E-state index in [9.17, 15) is 14.4 Å². The molecule has 0 atom stereocenters. The number of allylic oxidation sites excluding steroid dienone is 2. The average molecular weight is 790 g/mol. The van der Waals surface area contributed by atoms with Gasteiger partial charge < -0.3 is 35.1 Å². The van der Waals surface area contributed by atoms with Gasteiger partial charge in [0.1, 0.15) is 28.3 Å². The molecule has 18 nitrogen and oxygen atoms in total. The second-order valence-corrected chi connectivity index (χ2v) is 13.1. The molecule has 0 aliphatic heterocycles. The van der Waals surface area contributed by atoms with Crippen molar-refractivity contribution in [1.29, 1.82) is 0 Å². The number of imidazole rings is 1. The van der Waals surface area contributed by atoms with Gasteiger partial charge in [0, 0.05) is 60.9 Å². The van der Waals surface area contributed by atoms with Crippen LogP contribution in [-0.2, 0) is 26.1 Å². The third kappa shape index (κ3) is 8.19. The molecule has 0 unspecified atom stereocenters. The summed E-state index contributed by atoms with van der Waals surface area (Å²) in [5.41, 5.74) is 15.3. The lowest BCUT2D eigenvalue weighted by Crippen LogP contribution is -2.17. The van der Waals surface area contributed by atoms with Crippen LogP contribution in [0.4, 0.5) is 5.95 Å². The maximum Gasteiger partial charge on any atom is 0.295 e. The summed E-state index contributed by atoms with van der Waals surface area (Å²) in [6, 6.07) is 6.90. The van der Waals surface area contributed by atoms with Gasteiger partial charge in [0.05, 0.1) is 23.5 Å². The molecule has 0 radical (unpaired) electrons. The van der Waals surface area contributed by atoms with Gasteiger partial charge in [-0.3, -0.25) is 24.4 Å². The van der Waals surface area contributed by atoms with Crippen molar-refractivity contribution in [1.82, 2.24) is 49.2 Å². The first-order valence-corrected chi connectivity index (χ1v) is 18.9. The molecule has 7 aromatic rings. The highest BCUT2D eigenvalue weighted by Gasteiger charge is 2.24. The standard InChI is InChI=1S/C39H42N12O5.CH5N/c1-6-28-33(56-23(4)44-28)38(54)47-39-45-29-17-25(34(40)53)18-31(55-14-10-11-41-5)32(29)49(39)12-8-9-13-50-36-26(16-24(21-52)19-43-36)27-20-42-35(46-37(27)50)30-15-22(3)48-51(30)7-2;1-2/h8-9,15-21,41H,6-7,10-14H2,1-5H3,(H2,40,53)(H,45,47,54);2H2,1H3/b9-8+;. The van der Waals surface area contributed by atoms with Crippen LogP contribution in [0, 0.1) is 13.8 Å². The Morgan fingerprint density at radius 2 is 1.72 bits per heavy atom. The number of pyridine rings is 1. The number of carbonyl (C=O) groups is 3. The summed E-state index contributed by atoms with van der Waals surface area (Å²) in [5.74, 6) is 0.413. The molecule has 58 heavy (non-hydrogen) atoms. The van der Waals surface area contributed by atoms with Crippen molar-refractivity contribution in [3.8, 4) is 17.3 Å². The number of rotatable bonds is 16. The number of aldehydes is 1. The number of nitrogens with two attached hydrogens (primary N) is 2. The van der Waals surface area contributed by atoms with Gasteiger partial charge in [-0.25, -0.2) is 24.9 Å². The topological polar surface area (TPSA) is 242 Å². The highest BCUT2D eigenvalue weighted by molar-refractivity contribution is 6.07. The molecule has 2 amide bonds. The largest absolute Gasteiger partial charge is 0.491 e. The molecule has 0 saturated heterocycles. The maximum atomic E-state index is 13.6. The third-order valence-electron chi connectivity index (χ3n) is 9.26.